The van der Waals surface area contributed by atoms with Gasteiger partial charge in [-0.1, -0.05) is 18.2 Å². The minimum absolute atomic E-state index is 0. The van der Waals surface area contributed by atoms with Crippen molar-refractivity contribution in [2.24, 2.45) is 0 Å². The summed E-state index contributed by atoms with van der Waals surface area (Å²) in [5.74, 6) is 0.834. The zero-order valence-corrected chi connectivity index (χ0v) is 14.6. The first-order valence-electron chi connectivity index (χ1n) is 7.70. The summed E-state index contributed by atoms with van der Waals surface area (Å²) in [6, 6.07) is 7.40. The molecule has 0 bridgehead atoms. The Morgan fingerprint density at radius 3 is 2.92 bits per heavy atom. The summed E-state index contributed by atoms with van der Waals surface area (Å²) in [5, 5.41) is 7.44. The lowest BCUT2D eigenvalue weighted by atomic mass is 10.0. The normalized spacial score (nSPS) is 18.6. The second-order valence-corrected chi connectivity index (χ2v) is 5.54. The van der Waals surface area contributed by atoms with E-state index in [2.05, 4.69) is 15.4 Å². The smallest absolute Gasteiger partial charge is 0.247 e. The molecule has 1 aromatic heterocycles. The van der Waals surface area contributed by atoms with Crippen LogP contribution in [0.2, 0.25) is 0 Å². The number of hydrogen-bond donors (Lipinski definition) is 1. The number of hydrogen-bond acceptors (Lipinski definition) is 5. The van der Waals surface area contributed by atoms with Crippen molar-refractivity contribution < 1.29 is 9.53 Å². The van der Waals surface area contributed by atoms with E-state index in [0.717, 1.165) is 17.9 Å². The molecule has 1 saturated heterocycles. The third-order valence-corrected chi connectivity index (χ3v) is 4.22. The van der Waals surface area contributed by atoms with E-state index < -0.39 is 0 Å². The van der Waals surface area contributed by atoms with Gasteiger partial charge in [0.15, 0.2) is 0 Å². The molecule has 1 fully saturated rings. The van der Waals surface area contributed by atoms with Gasteiger partial charge >= 0.3 is 0 Å². The number of amides is 1. The Labute approximate surface area is 147 Å². The van der Waals surface area contributed by atoms with Crippen molar-refractivity contribution in [2.75, 3.05) is 26.7 Å². The van der Waals surface area contributed by atoms with Gasteiger partial charge in [-0.2, -0.15) is 5.10 Å². The first-order chi connectivity index (χ1) is 11.2. The molecule has 7 nitrogen and oxygen atoms in total. The van der Waals surface area contributed by atoms with Gasteiger partial charge in [0, 0.05) is 25.2 Å². The molecule has 3 rings (SSSR count). The molecule has 0 spiro atoms. The SMILES string of the molecule is COc1ccccc1C1CNCCN1C(=O)C(C)n1cncn1.Cl. The van der Waals surface area contributed by atoms with E-state index in [1.165, 1.54) is 6.33 Å². The maximum Gasteiger partial charge on any atom is 0.247 e. The molecule has 1 aliphatic heterocycles. The Morgan fingerprint density at radius 1 is 1.42 bits per heavy atom. The van der Waals surface area contributed by atoms with Crippen LogP contribution >= 0.6 is 12.4 Å². The number of piperazine rings is 1. The molecule has 0 saturated carbocycles. The fraction of sp³-hybridized carbons (Fsp3) is 0.438. The fourth-order valence-corrected chi connectivity index (χ4v) is 2.96. The predicted octanol–water partition coefficient (Wildman–Crippen LogP) is 1.44. The second kappa shape index (κ2) is 8.12. The summed E-state index contributed by atoms with van der Waals surface area (Å²) < 4.78 is 7.05. The summed E-state index contributed by atoms with van der Waals surface area (Å²) in [6.07, 6.45) is 3.02. The third kappa shape index (κ3) is 3.52. The van der Waals surface area contributed by atoms with Gasteiger partial charge in [0.25, 0.3) is 0 Å². The number of rotatable bonds is 4. The lowest BCUT2D eigenvalue weighted by Gasteiger charge is -2.38. The van der Waals surface area contributed by atoms with Crippen molar-refractivity contribution >= 4 is 18.3 Å². The Morgan fingerprint density at radius 2 is 2.21 bits per heavy atom. The van der Waals surface area contributed by atoms with E-state index in [-0.39, 0.29) is 30.4 Å². The van der Waals surface area contributed by atoms with Gasteiger partial charge in [-0.25, -0.2) is 9.67 Å². The Bertz CT molecular complexity index is 664. The topological polar surface area (TPSA) is 72.3 Å². The van der Waals surface area contributed by atoms with Crippen molar-refractivity contribution in [1.82, 2.24) is 25.0 Å². The van der Waals surface area contributed by atoms with Crippen molar-refractivity contribution in [3.8, 4) is 5.75 Å². The predicted molar refractivity (Wildman–Crippen MR) is 92.3 cm³/mol. The van der Waals surface area contributed by atoms with Gasteiger partial charge in [0.2, 0.25) is 5.91 Å². The summed E-state index contributed by atoms with van der Waals surface area (Å²) in [5.41, 5.74) is 1.02. The van der Waals surface area contributed by atoms with Gasteiger partial charge in [-0.05, 0) is 13.0 Å². The van der Waals surface area contributed by atoms with Crippen LogP contribution in [0.5, 0.6) is 5.75 Å². The molecule has 2 aromatic rings. The molecule has 0 radical (unpaired) electrons. The Hall–Kier alpha value is -2.12. The largest absolute Gasteiger partial charge is 0.496 e. The van der Waals surface area contributed by atoms with Crippen molar-refractivity contribution in [1.29, 1.82) is 0 Å². The number of halogens is 1. The highest BCUT2D eigenvalue weighted by molar-refractivity contribution is 5.85. The van der Waals surface area contributed by atoms with Crippen LogP contribution in [0.15, 0.2) is 36.9 Å². The van der Waals surface area contributed by atoms with Gasteiger partial charge in [-0.3, -0.25) is 4.79 Å². The maximum atomic E-state index is 12.9. The van der Waals surface area contributed by atoms with E-state index in [4.69, 9.17) is 4.74 Å². The van der Waals surface area contributed by atoms with Crippen LogP contribution in [0, 0.1) is 0 Å². The summed E-state index contributed by atoms with van der Waals surface area (Å²) >= 11 is 0. The molecular formula is C16H22ClN5O2. The summed E-state index contributed by atoms with van der Waals surface area (Å²) in [4.78, 5) is 18.8. The molecule has 1 amide bonds. The standard InChI is InChI=1S/C16H21N5O2.ClH/c1-12(21-11-18-10-19-21)16(22)20-8-7-17-9-14(20)13-5-3-4-6-15(13)23-2;/h3-6,10-12,14,17H,7-9H2,1-2H3;1H. The Balaban J connectivity index is 0.00000208. The van der Waals surface area contributed by atoms with E-state index in [1.807, 2.05) is 36.1 Å². The molecule has 2 unspecified atom stereocenters. The first-order valence-corrected chi connectivity index (χ1v) is 7.70. The summed E-state index contributed by atoms with van der Waals surface area (Å²) in [7, 11) is 1.65. The minimum Gasteiger partial charge on any atom is -0.496 e. The van der Waals surface area contributed by atoms with Crippen LogP contribution in [0.3, 0.4) is 0 Å². The molecule has 24 heavy (non-hydrogen) atoms. The average Bonchev–Trinajstić information content (AvgIpc) is 3.15. The van der Waals surface area contributed by atoms with E-state index in [9.17, 15) is 4.79 Å². The van der Waals surface area contributed by atoms with Crippen LogP contribution < -0.4 is 10.1 Å². The maximum absolute atomic E-state index is 12.9. The van der Waals surface area contributed by atoms with Crippen LogP contribution in [-0.2, 0) is 4.79 Å². The van der Waals surface area contributed by atoms with Gasteiger partial charge < -0.3 is 15.0 Å². The monoisotopic (exact) mass is 351 g/mol. The third-order valence-electron chi connectivity index (χ3n) is 4.22. The number of carbonyl (C=O) groups is 1. The van der Waals surface area contributed by atoms with Gasteiger partial charge in [0.1, 0.15) is 24.4 Å². The number of benzene rings is 1. The second-order valence-electron chi connectivity index (χ2n) is 5.54. The average molecular weight is 352 g/mol. The number of para-hydroxylation sites is 1. The highest BCUT2D eigenvalue weighted by Gasteiger charge is 2.32. The molecule has 130 valence electrons. The van der Waals surface area contributed by atoms with E-state index in [0.29, 0.717) is 13.1 Å². The lowest BCUT2D eigenvalue weighted by molar-refractivity contribution is -0.138. The minimum atomic E-state index is -0.382. The molecule has 8 heteroatoms. The highest BCUT2D eigenvalue weighted by atomic mass is 35.5. The van der Waals surface area contributed by atoms with E-state index in [1.54, 1.807) is 18.1 Å². The van der Waals surface area contributed by atoms with Crippen LogP contribution in [0.4, 0.5) is 0 Å². The van der Waals surface area contributed by atoms with Crippen LogP contribution in [0.25, 0.3) is 0 Å². The molecular weight excluding hydrogens is 330 g/mol. The molecule has 2 heterocycles. The van der Waals surface area contributed by atoms with Crippen molar-refractivity contribution in [3.63, 3.8) is 0 Å². The van der Waals surface area contributed by atoms with Gasteiger partial charge in [-0.15, -0.1) is 12.4 Å². The number of ether oxygens (including phenoxy) is 1. The quantitative estimate of drug-likeness (QED) is 0.902. The zero-order chi connectivity index (χ0) is 16.2. The number of nitrogens with zero attached hydrogens (tertiary/aromatic N) is 4. The van der Waals surface area contributed by atoms with E-state index >= 15 is 0 Å². The van der Waals surface area contributed by atoms with Gasteiger partial charge in [0.05, 0.1) is 13.2 Å². The number of carbonyl (C=O) groups excluding carboxylic acids is 1. The number of nitrogens with one attached hydrogen (secondary N) is 1. The Kier molecular flexibility index (Phi) is 6.16. The molecule has 1 N–H and O–H groups in total. The molecule has 0 aliphatic carbocycles. The van der Waals surface area contributed by atoms with Crippen molar-refractivity contribution in [2.45, 2.75) is 19.0 Å². The summed E-state index contributed by atoms with van der Waals surface area (Å²) in [6.45, 7) is 3.98. The molecule has 2 atom stereocenters. The van der Waals surface area contributed by atoms with Crippen LogP contribution in [0.1, 0.15) is 24.6 Å². The molecule has 1 aliphatic rings. The lowest BCUT2D eigenvalue weighted by Crippen LogP contribution is -2.50. The molecule has 1 aromatic carbocycles. The number of methoxy groups -OCH3 is 1. The zero-order valence-electron chi connectivity index (χ0n) is 13.8. The van der Waals surface area contributed by atoms with Crippen molar-refractivity contribution in [3.05, 3.63) is 42.5 Å². The number of aromatic nitrogens is 3. The first kappa shape index (κ1) is 18.2. The van der Waals surface area contributed by atoms with Crippen LogP contribution in [-0.4, -0.2) is 52.3 Å². The fourth-order valence-electron chi connectivity index (χ4n) is 2.96. The highest BCUT2D eigenvalue weighted by Crippen LogP contribution is 2.31.